The van der Waals surface area contributed by atoms with Crippen LogP contribution in [-0.2, 0) is 33.6 Å². The van der Waals surface area contributed by atoms with Crippen LogP contribution in [0.3, 0.4) is 0 Å². The molecule has 43 heavy (non-hydrogen) atoms. The van der Waals surface area contributed by atoms with Gasteiger partial charge in [0, 0.05) is 36.0 Å². The van der Waals surface area contributed by atoms with Crippen LogP contribution in [0, 0.1) is 5.92 Å². The number of carbonyl (C=O) groups excluding carboxylic acids is 2. The number of carboxylic acids is 1. The van der Waals surface area contributed by atoms with E-state index in [0.717, 1.165) is 44.8 Å². The number of fused-ring (bicyclic) bond motifs is 2. The molecule has 0 aliphatic heterocycles. The minimum atomic E-state index is -1.04. The number of benzene rings is 4. The first-order valence-corrected chi connectivity index (χ1v) is 14.8. The van der Waals surface area contributed by atoms with Crippen LogP contribution in [0.5, 0.6) is 0 Å². The number of aromatic nitrogens is 1. The summed E-state index contributed by atoms with van der Waals surface area (Å²) < 4.78 is 0. The fourth-order valence-corrected chi connectivity index (χ4v) is 5.60. The Morgan fingerprint density at radius 1 is 0.767 bits per heavy atom. The van der Waals surface area contributed by atoms with Crippen molar-refractivity contribution < 1.29 is 19.5 Å². The van der Waals surface area contributed by atoms with E-state index in [1.54, 1.807) is 0 Å². The van der Waals surface area contributed by atoms with Crippen molar-refractivity contribution in [3.05, 3.63) is 120 Å². The fraction of sp³-hybridized carbons (Fsp3) is 0.250. The van der Waals surface area contributed by atoms with Gasteiger partial charge in [0.25, 0.3) is 0 Å². The molecular formula is C36H37N3O4. The van der Waals surface area contributed by atoms with Gasteiger partial charge in [0.05, 0.1) is 6.42 Å². The number of rotatable bonds is 14. The number of para-hydroxylation sites is 1. The highest BCUT2D eigenvalue weighted by atomic mass is 16.4. The van der Waals surface area contributed by atoms with E-state index in [2.05, 4.69) is 45.9 Å². The van der Waals surface area contributed by atoms with Gasteiger partial charge in [-0.1, -0.05) is 91.0 Å². The standard InChI is InChI=1S/C36H37N3O4/c40-34(41)23-29(14-8-11-26-17-18-27-12-4-5-13-28(27)21-26)35(42)39-33(22-30-24-38-32-16-7-6-15-31(30)32)36(43)37-20-19-25-9-2-1-3-10-25/h1-7,9-10,12-13,15-18,21,24,29,33,38H,8,11,14,19-20,22-23H2,(H,37,43)(H,39,42)(H,40,41)/t29-,33+/m1/s1. The minimum Gasteiger partial charge on any atom is -0.481 e. The normalized spacial score (nSPS) is 12.6. The van der Waals surface area contributed by atoms with Crippen molar-refractivity contribution in [1.29, 1.82) is 0 Å². The number of H-pyrrole nitrogens is 1. The van der Waals surface area contributed by atoms with Gasteiger partial charge in [-0.2, -0.15) is 0 Å². The Morgan fingerprint density at radius 2 is 1.51 bits per heavy atom. The average Bonchev–Trinajstić information content (AvgIpc) is 3.43. The average molecular weight is 576 g/mol. The number of aliphatic carboxylic acids is 1. The highest BCUT2D eigenvalue weighted by Gasteiger charge is 2.28. The summed E-state index contributed by atoms with van der Waals surface area (Å²) in [6.45, 7) is 0.424. The third-order valence-electron chi connectivity index (χ3n) is 7.91. The molecule has 0 saturated heterocycles. The number of carboxylic acid groups (broad SMARTS) is 1. The Balaban J connectivity index is 1.26. The van der Waals surface area contributed by atoms with E-state index in [4.69, 9.17) is 0 Å². The van der Waals surface area contributed by atoms with Gasteiger partial charge in [0.2, 0.25) is 11.8 Å². The Bertz CT molecular complexity index is 1690. The number of hydrogen-bond acceptors (Lipinski definition) is 3. The Morgan fingerprint density at radius 3 is 2.33 bits per heavy atom. The van der Waals surface area contributed by atoms with Gasteiger partial charge in [-0.25, -0.2) is 0 Å². The van der Waals surface area contributed by atoms with E-state index >= 15 is 0 Å². The van der Waals surface area contributed by atoms with Crippen LogP contribution in [0.2, 0.25) is 0 Å². The lowest BCUT2D eigenvalue weighted by Crippen LogP contribution is -2.50. The van der Waals surface area contributed by atoms with E-state index in [1.165, 1.54) is 0 Å². The lowest BCUT2D eigenvalue weighted by molar-refractivity contribution is -0.141. The third-order valence-corrected chi connectivity index (χ3v) is 7.91. The second kappa shape index (κ2) is 14.3. The highest BCUT2D eigenvalue weighted by molar-refractivity contribution is 5.91. The molecule has 1 aromatic heterocycles. The lowest BCUT2D eigenvalue weighted by Gasteiger charge is -2.22. The summed E-state index contributed by atoms with van der Waals surface area (Å²) in [6, 6.07) is 31.3. The van der Waals surface area contributed by atoms with Crippen LogP contribution >= 0.6 is 0 Å². The summed E-state index contributed by atoms with van der Waals surface area (Å²) in [4.78, 5) is 41.9. The van der Waals surface area contributed by atoms with E-state index < -0.39 is 23.8 Å². The van der Waals surface area contributed by atoms with Crippen LogP contribution in [0.4, 0.5) is 0 Å². The van der Waals surface area contributed by atoms with Crippen LogP contribution < -0.4 is 10.6 Å². The smallest absolute Gasteiger partial charge is 0.304 e. The largest absolute Gasteiger partial charge is 0.481 e. The molecule has 5 aromatic rings. The van der Waals surface area contributed by atoms with E-state index in [0.29, 0.717) is 25.8 Å². The monoisotopic (exact) mass is 575 g/mol. The molecule has 0 unspecified atom stereocenters. The number of carbonyl (C=O) groups is 3. The quantitative estimate of drug-likeness (QED) is 0.134. The van der Waals surface area contributed by atoms with Gasteiger partial charge in [-0.05, 0) is 59.2 Å². The van der Waals surface area contributed by atoms with Crippen molar-refractivity contribution in [2.45, 2.75) is 44.6 Å². The van der Waals surface area contributed by atoms with Crippen LogP contribution in [0.25, 0.3) is 21.7 Å². The predicted molar refractivity (Wildman–Crippen MR) is 170 cm³/mol. The van der Waals surface area contributed by atoms with Gasteiger partial charge in [0.1, 0.15) is 6.04 Å². The molecule has 0 saturated carbocycles. The molecule has 1 heterocycles. The zero-order valence-electron chi connectivity index (χ0n) is 24.1. The summed E-state index contributed by atoms with van der Waals surface area (Å²) in [5, 5.41) is 18.8. The molecule has 5 rings (SSSR count). The summed E-state index contributed by atoms with van der Waals surface area (Å²) in [5.41, 5.74) is 4.10. The summed E-state index contributed by atoms with van der Waals surface area (Å²) in [5.74, 6) is -2.49. The van der Waals surface area contributed by atoms with Crippen LogP contribution in [0.15, 0.2) is 103 Å². The van der Waals surface area contributed by atoms with Crippen molar-refractivity contribution in [3.8, 4) is 0 Å². The second-order valence-corrected chi connectivity index (χ2v) is 11.0. The molecule has 220 valence electrons. The molecule has 4 N–H and O–H groups in total. The summed E-state index contributed by atoms with van der Waals surface area (Å²) in [6.07, 6.45) is 4.30. The topological polar surface area (TPSA) is 111 Å². The van der Waals surface area contributed by atoms with Gasteiger partial charge in [-0.3, -0.25) is 14.4 Å². The zero-order chi connectivity index (χ0) is 30.0. The first-order valence-electron chi connectivity index (χ1n) is 14.8. The van der Waals surface area contributed by atoms with Crippen molar-refractivity contribution in [2.24, 2.45) is 5.92 Å². The molecular weight excluding hydrogens is 538 g/mol. The van der Waals surface area contributed by atoms with Gasteiger partial charge >= 0.3 is 5.97 Å². The molecule has 0 aliphatic carbocycles. The van der Waals surface area contributed by atoms with Crippen molar-refractivity contribution in [1.82, 2.24) is 15.6 Å². The Labute approximate surface area is 251 Å². The number of amides is 2. The number of aromatic amines is 1. The fourth-order valence-electron chi connectivity index (χ4n) is 5.60. The van der Waals surface area contributed by atoms with Crippen molar-refractivity contribution in [3.63, 3.8) is 0 Å². The predicted octanol–water partition coefficient (Wildman–Crippen LogP) is 5.82. The molecule has 7 nitrogen and oxygen atoms in total. The van der Waals surface area contributed by atoms with Gasteiger partial charge in [-0.15, -0.1) is 0 Å². The molecule has 0 spiro atoms. The molecule has 4 aromatic carbocycles. The van der Waals surface area contributed by atoms with Crippen LogP contribution in [-0.4, -0.2) is 40.5 Å². The first-order chi connectivity index (χ1) is 21.0. The SMILES string of the molecule is O=C(O)C[C@@H](CCCc1ccc2ccccc2c1)C(=O)N[C@@H](Cc1c[nH]c2ccccc12)C(=O)NCCc1ccccc1. The second-order valence-electron chi connectivity index (χ2n) is 11.0. The van der Waals surface area contributed by atoms with E-state index in [-0.39, 0.29) is 18.7 Å². The Hall–Kier alpha value is -4.91. The maximum atomic E-state index is 13.5. The van der Waals surface area contributed by atoms with Crippen molar-refractivity contribution >= 4 is 39.5 Å². The molecule has 0 fully saturated rings. The van der Waals surface area contributed by atoms with Gasteiger partial charge < -0.3 is 20.7 Å². The maximum absolute atomic E-state index is 13.5. The summed E-state index contributed by atoms with van der Waals surface area (Å²) in [7, 11) is 0. The number of aryl methyl sites for hydroxylation is 1. The maximum Gasteiger partial charge on any atom is 0.304 e. The third kappa shape index (κ3) is 8.10. The van der Waals surface area contributed by atoms with Gasteiger partial charge in [0.15, 0.2) is 0 Å². The van der Waals surface area contributed by atoms with Crippen molar-refractivity contribution in [2.75, 3.05) is 6.54 Å². The molecule has 7 heteroatoms. The molecule has 0 aliphatic rings. The molecule has 2 amide bonds. The Kier molecular flexibility index (Phi) is 9.85. The first kappa shape index (κ1) is 29.6. The van der Waals surface area contributed by atoms with E-state index in [1.807, 2.05) is 72.9 Å². The zero-order valence-corrected chi connectivity index (χ0v) is 24.1. The van der Waals surface area contributed by atoms with E-state index in [9.17, 15) is 19.5 Å². The number of nitrogens with one attached hydrogen (secondary N) is 3. The highest BCUT2D eigenvalue weighted by Crippen LogP contribution is 2.22. The lowest BCUT2D eigenvalue weighted by atomic mass is 9.94. The molecule has 2 atom stereocenters. The van der Waals surface area contributed by atoms with Crippen LogP contribution in [0.1, 0.15) is 36.0 Å². The molecule has 0 radical (unpaired) electrons. The minimum absolute atomic E-state index is 0.282. The number of hydrogen-bond donors (Lipinski definition) is 4. The summed E-state index contributed by atoms with van der Waals surface area (Å²) >= 11 is 0. The molecule has 0 bridgehead atoms.